The van der Waals surface area contributed by atoms with E-state index in [1.807, 2.05) is 0 Å². The van der Waals surface area contributed by atoms with E-state index in [1.165, 1.54) is 4.90 Å². The molecule has 4 atom stereocenters. The molecule has 0 radical (unpaired) electrons. The van der Waals surface area contributed by atoms with E-state index in [1.54, 1.807) is 44.5 Å². The Morgan fingerprint density at radius 3 is 2.33 bits per heavy atom. The number of likely N-dealkylation sites (N-methyl/N-ethyl adjacent to an activating group) is 1. The minimum absolute atomic E-state index is 0.0634. The van der Waals surface area contributed by atoms with Gasteiger partial charge in [0.2, 0.25) is 0 Å². The molecule has 2 aromatic heterocycles. The average Bonchev–Trinajstić information content (AvgIpc) is 3.69. The lowest BCUT2D eigenvalue weighted by Gasteiger charge is -2.40. The number of fused-ring (bicyclic) bond motifs is 4. The molecule has 3 aliphatic heterocycles. The second kappa shape index (κ2) is 13.3. The minimum atomic E-state index is -5.16. The van der Waals surface area contributed by atoms with Crippen LogP contribution in [-0.2, 0) is 10.9 Å². The molecule has 4 aromatic rings. The first-order chi connectivity index (χ1) is 25.2. The summed E-state index contributed by atoms with van der Waals surface area (Å²) < 4.78 is 103. The molecule has 2 bridgehead atoms. The summed E-state index contributed by atoms with van der Waals surface area (Å²) in [5, 5.41) is 11.7. The number of hydrogen-bond acceptors (Lipinski definition) is 10. The fraction of sp³-hybridized carbons (Fsp3) is 0.514. The van der Waals surface area contributed by atoms with Gasteiger partial charge >= 0.3 is 24.4 Å². The van der Waals surface area contributed by atoms with Crippen molar-refractivity contribution in [2.45, 2.75) is 82.5 Å². The van der Waals surface area contributed by atoms with Crippen LogP contribution in [-0.4, -0.2) is 105 Å². The van der Waals surface area contributed by atoms with Crippen molar-refractivity contribution in [3.63, 3.8) is 0 Å². The quantitative estimate of drug-likeness (QED) is 0.188. The van der Waals surface area contributed by atoms with Crippen molar-refractivity contribution in [1.82, 2.24) is 24.8 Å². The number of alkyl halides is 4. The highest BCUT2D eigenvalue weighted by molar-refractivity contribution is 7.22. The molecule has 2 unspecified atom stereocenters. The average molecular weight is 782 g/mol. The number of thiazole rings is 1. The van der Waals surface area contributed by atoms with Crippen LogP contribution in [0.3, 0.4) is 0 Å². The zero-order valence-corrected chi connectivity index (χ0v) is 30.7. The van der Waals surface area contributed by atoms with Crippen molar-refractivity contribution in [1.29, 1.82) is 0 Å². The van der Waals surface area contributed by atoms with Gasteiger partial charge in [0.25, 0.3) is 0 Å². The first kappa shape index (κ1) is 37.7. The molecule has 3 aliphatic rings. The van der Waals surface area contributed by atoms with Gasteiger partial charge in [-0.25, -0.2) is 27.7 Å². The number of rotatable bonds is 6. The topological polar surface area (TPSA) is 133 Å². The molecular weight excluding hydrogens is 744 g/mol. The fourth-order valence-electron chi connectivity index (χ4n) is 7.60. The summed E-state index contributed by atoms with van der Waals surface area (Å²) >= 11 is 0.630. The van der Waals surface area contributed by atoms with E-state index in [-0.39, 0.29) is 65.2 Å². The van der Waals surface area contributed by atoms with Crippen LogP contribution >= 0.6 is 11.3 Å². The summed E-state index contributed by atoms with van der Waals surface area (Å²) in [5.41, 5.74) is -5.41. The lowest BCUT2D eigenvalue weighted by Crippen LogP contribution is -2.55. The first-order valence-corrected chi connectivity index (χ1v) is 18.0. The molecule has 19 heteroatoms. The first-order valence-electron chi connectivity index (χ1n) is 17.2. The fourth-order valence-corrected chi connectivity index (χ4v) is 8.48. The molecule has 3 saturated heterocycles. The lowest BCUT2D eigenvalue weighted by atomic mass is 9.95. The Morgan fingerprint density at radius 2 is 1.74 bits per heavy atom. The summed E-state index contributed by atoms with van der Waals surface area (Å²) in [4.78, 5) is 42.1. The molecule has 0 saturated carbocycles. The highest BCUT2D eigenvalue weighted by Crippen LogP contribution is 2.47. The number of carboxylic acid groups (broad SMARTS) is 1. The summed E-state index contributed by atoms with van der Waals surface area (Å²) in [6.45, 7) is 6.75. The van der Waals surface area contributed by atoms with Crippen LogP contribution in [0.15, 0.2) is 18.2 Å². The zero-order valence-electron chi connectivity index (χ0n) is 29.9. The standard InChI is InChI=1S/C35H37F6N7O5S/c1-33(2,3)53-31(49)45-30-43-26-19(8-9-22(37)27(26)54-30)23-21(35(39,40)41)10-20-25(24(23)38)42-29(52-15-34(4)11-16(36)12-46(34)5)44-28(20)47-13-17-6-7-18(14-47)48(17)32(50)51/h8-10,16-18H,6-7,11-15H2,1-5H3,(H,50,51)(H,43,45,49)/t16-,17?,18?,34-/m1/s1. The van der Waals surface area contributed by atoms with Crippen molar-refractivity contribution in [2.24, 2.45) is 0 Å². The molecule has 7 rings (SSSR count). The number of nitrogens with zero attached hydrogens (tertiary/aromatic N) is 6. The molecule has 0 spiro atoms. The molecular formula is C35H37F6N7O5S. The monoisotopic (exact) mass is 781 g/mol. The molecule has 2 N–H and O–H groups in total. The van der Waals surface area contributed by atoms with Crippen molar-refractivity contribution in [2.75, 3.05) is 43.5 Å². The van der Waals surface area contributed by atoms with E-state index in [2.05, 4.69) is 20.3 Å². The van der Waals surface area contributed by atoms with Crippen LogP contribution in [0, 0.1) is 11.6 Å². The number of anilines is 2. The van der Waals surface area contributed by atoms with Crippen molar-refractivity contribution >= 4 is 55.6 Å². The van der Waals surface area contributed by atoms with Gasteiger partial charge in [-0.15, -0.1) is 0 Å². The Morgan fingerprint density at radius 1 is 1.06 bits per heavy atom. The number of carbonyl (C=O) groups excluding carboxylic acids is 1. The minimum Gasteiger partial charge on any atom is -0.465 e. The van der Waals surface area contributed by atoms with Crippen molar-refractivity contribution < 1.29 is 50.5 Å². The second-order valence-corrected chi connectivity index (χ2v) is 16.2. The number of piperazine rings is 1. The van der Waals surface area contributed by atoms with E-state index in [0.717, 1.165) is 18.2 Å². The molecule has 12 nitrogen and oxygen atoms in total. The van der Waals surface area contributed by atoms with Gasteiger partial charge < -0.3 is 19.5 Å². The number of halogens is 6. The molecule has 2 amide bonds. The SMILES string of the molecule is CN1C[C@H](F)C[C@]1(C)COc1nc(N2CC3CCC(C2)N3C(=O)O)c2cc(C(F)(F)F)c(-c3ccc(F)c4sc(NC(=O)OC(C)(C)C)nc34)c(F)c2n1. The van der Waals surface area contributed by atoms with Crippen molar-refractivity contribution in [3.8, 4) is 17.1 Å². The van der Waals surface area contributed by atoms with Crippen molar-refractivity contribution in [3.05, 3.63) is 35.4 Å². The van der Waals surface area contributed by atoms with E-state index in [9.17, 15) is 19.1 Å². The third-order valence-corrected chi connectivity index (χ3v) is 11.1. The van der Waals surface area contributed by atoms with Crippen LogP contribution in [0.2, 0.25) is 0 Å². The number of likely N-dealkylation sites (tertiary alicyclic amines) is 1. The molecule has 2 aromatic carbocycles. The van der Waals surface area contributed by atoms with Gasteiger partial charge in [0.05, 0.1) is 33.4 Å². The van der Waals surface area contributed by atoms with E-state index in [4.69, 9.17) is 9.47 Å². The number of benzene rings is 2. The number of carbonyl (C=O) groups is 2. The Balaban J connectivity index is 1.40. The van der Waals surface area contributed by atoms with Gasteiger partial charge in [0, 0.05) is 42.6 Å². The smallest absolute Gasteiger partial charge is 0.417 e. The van der Waals surface area contributed by atoms with Crippen LogP contribution in [0.4, 0.5) is 46.9 Å². The lowest BCUT2D eigenvalue weighted by molar-refractivity contribution is -0.137. The maximum absolute atomic E-state index is 17.2. The highest BCUT2D eigenvalue weighted by Gasteiger charge is 2.45. The van der Waals surface area contributed by atoms with E-state index < -0.39 is 81.6 Å². The normalized spacial score (nSPS) is 23.4. The van der Waals surface area contributed by atoms with E-state index >= 15 is 22.0 Å². The Hall–Kier alpha value is -4.65. The number of hydrogen-bond donors (Lipinski definition) is 2. The summed E-state index contributed by atoms with van der Waals surface area (Å²) in [7, 11) is 1.72. The van der Waals surface area contributed by atoms with Crippen LogP contribution in [0.1, 0.15) is 52.5 Å². The second-order valence-electron chi connectivity index (χ2n) is 15.2. The molecule has 0 aliphatic carbocycles. The van der Waals surface area contributed by atoms with E-state index in [0.29, 0.717) is 24.2 Å². The summed E-state index contributed by atoms with van der Waals surface area (Å²) in [5.74, 6) is -2.38. The predicted octanol–water partition coefficient (Wildman–Crippen LogP) is 7.69. The number of nitrogens with one attached hydrogen (secondary N) is 1. The van der Waals surface area contributed by atoms with Crippen LogP contribution in [0.25, 0.3) is 32.2 Å². The summed E-state index contributed by atoms with van der Waals surface area (Å²) in [6, 6.07) is 1.21. The van der Waals surface area contributed by atoms with Gasteiger partial charge in [0.15, 0.2) is 10.9 Å². The molecule has 290 valence electrons. The van der Waals surface area contributed by atoms with Gasteiger partial charge in [-0.2, -0.15) is 23.1 Å². The summed E-state index contributed by atoms with van der Waals surface area (Å²) in [6.07, 6.45) is -7.19. The molecule has 3 fully saturated rings. The Kier molecular flexibility index (Phi) is 9.26. The molecule has 54 heavy (non-hydrogen) atoms. The Bertz CT molecular complexity index is 2150. The van der Waals surface area contributed by atoms with Gasteiger partial charge in [-0.1, -0.05) is 11.3 Å². The number of aromatic nitrogens is 3. The largest absolute Gasteiger partial charge is 0.465 e. The van der Waals surface area contributed by atoms with Gasteiger partial charge in [-0.3, -0.25) is 15.1 Å². The highest BCUT2D eigenvalue weighted by atomic mass is 32.1. The number of ether oxygens (including phenoxy) is 2. The number of amides is 2. The predicted molar refractivity (Wildman–Crippen MR) is 188 cm³/mol. The third-order valence-electron chi connectivity index (χ3n) is 10.1. The van der Waals surface area contributed by atoms with Gasteiger partial charge in [-0.05, 0) is 65.8 Å². The zero-order chi connectivity index (χ0) is 39.1. The Labute approximate surface area is 309 Å². The third kappa shape index (κ3) is 6.91. The molecule has 5 heterocycles. The van der Waals surface area contributed by atoms with Crippen LogP contribution < -0.4 is 15.0 Å². The maximum atomic E-state index is 17.2. The maximum Gasteiger partial charge on any atom is 0.417 e. The van der Waals surface area contributed by atoms with Gasteiger partial charge in [0.1, 0.15) is 35.5 Å². The van der Waals surface area contributed by atoms with Crippen LogP contribution in [0.5, 0.6) is 6.01 Å².